The molecule has 9 rings (SSSR count). The predicted molar refractivity (Wildman–Crippen MR) is 219 cm³/mol. The lowest BCUT2D eigenvalue weighted by atomic mass is 10.0. The number of thiophene rings is 1. The van der Waals surface area contributed by atoms with Crippen molar-refractivity contribution >= 4 is 86.3 Å². The second-order valence-corrected chi connectivity index (χ2v) is 14.8. The number of ether oxygens (including phenoxy) is 2. The molecule has 2 aromatic heterocycles. The van der Waals surface area contributed by atoms with E-state index in [9.17, 15) is 0 Å². The first kappa shape index (κ1) is 31.4. The molecular formula is C45H33BrN2O2S. The molecule has 0 atom stereocenters. The molecule has 0 saturated carbocycles. The van der Waals surface area contributed by atoms with Crippen molar-refractivity contribution in [2.24, 2.45) is 0 Å². The van der Waals surface area contributed by atoms with Crippen molar-refractivity contribution < 1.29 is 9.47 Å². The summed E-state index contributed by atoms with van der Waals surface area (Å²) in [5, 5.41) is 4.97. The number of hydrogen-bond acceptors (Lipinski definition) is 4. The molecule has 2 heterocycles. The summed E-state index contributed by atoms with van der Waals surface area (Å²) in [6, 6.07) is 52.2. The van der Waals surface area contributed by atoms with Gasteiger partial charge in [-0.1, -0.05) is 82.2 Å². The van der Waals surface area contributed by atoms with Crippen LogP contribution in [-0.4, -0.2) is 18.8 Å². The Morgan fingerprint density at radius 3 is 2.10 bits per heavy atom. The highest BCUT2D eigenvalue weighted by molar-refractivity contribution is 9.10. The third-order valence-corrected chi connectivity index (χ3v) is 11.3. The topological polar surface area (TPSA) is 26.6 Å². The van der Waals surface area contributed by atoms with Gasteiger partial charge in [-0.05, 0) is 79.2 Å². The normalized spacial score (nSPS) is 11.5. The van der Waals surface area contributed by atoms with Gasteiger partial charge in [-0.25, -0.2) is 0 Å². The molecule has 0 bridgehead atoms. The molecule has 0 spiro atoms. The van der Waals surface area contributed by atoms with E-state index < -0.39 is 0 Å². The van der Waals surface area contributed by atoms with Crippen LogP contribution in [0.25, 0.3) is 58.8 Å². The van der Waals surface area contributed by atoms with Crippen LogP contribution >= 0.6 is 27.3 Å². The van der Waals surface area contributed by atoms with Crippen molar-refractivity contribution in [2.45, 2.75) is 6.92 Å². The highest BCUT2D eigenvalue weighted by Crippen LogP contribution is 2.46. The maximum Gasteiger partial charge on any atom is 0.124 e. The van der Waals surface area contributed by atoms with Crippen LogP contribution < -0.4 is 14.4 Å². The molecule has 0 aliphatic rings. The number of hydrogen-bond donors (Lipinski definition) is 0. The van der Waals surface area contributed by atoms with Gasteiger partial charge in [0.05, 0.1) is 36.6 Å². The first-order chi connectivity index (χ1) is 25.0. The second kappa shape index (κ2) is 12.6. The number of benzene rings is 7. The fourth-order valence-electron chi connectivity index (χ4n) is 7.25. The summed E-state index contributed by atoms with van der Waals surface area (Å²) < 4.78 is 17.6. The summed E-state index contributed by atoms with van der Waals surface area (Å²) >= 11 is 5.56. The highest BCUT2D eigenvalue weighted by atomic mass is 79.9. The molecule has 51 heavy (non-hydrogen) atoms. The summed E-state index contributed by atoms with van der Waals surface area (Å²) in [5.41, 5.74) is 9.94. The first-order valence-electron chi connectivity index (χ1n) is 16.8. The van der Waals surface area contributed by atoms with Gasteiger partial charge in [0.25, 0.3) is 0 Å². The summed E-state index contributed by atoms with van der Waals surface area (Å²) in [5.74, 6) is 1.44. The van der Waals surface area contributed by atoms with Gasteiger partial charge < -0.3 is 18.9 Å². The van der Waals surface area contributed by atoms with Crippen LogP contribution in [-0.2, 0) is 0 Å². The van der Waals surface area contributed by atoms with Crippen LogP contribution in [0.15, 0.2) is 150 Å². The molecule has 0 N–H and O–H groups in total. The van der Waals surface area contributed by atoms with Crippen LogP contribution in [0.3, 0.4) is 0 Å². The van der Waals surface area contributed by atoms with Crippen molar-refractivity contribution in [3.05, 3.63) is 156 Å². The standard InChI is InChI=1S/C45H33BrN2O2S/c1-28-15-17-31(18-16-28)48-42-20-19-32(24-38(42)39-26-40-37-12-5-7-14-44(37)51-45(40)27-43(39)48)47(33-22-34(49-2)25-35(23-33)50-3)41-13-6-4-11-36(41)29-9-8-10-30(46)21-29/h4-27H,1-3H3. The smallest absolute Gasteiger partial charge is 0.124 e. The van der Waals surface area contributed by atoms with Crippen LogP contribution in [0.2, 0.25) is 0 Å². The molecule has 0 amide bonds. The molecular weight excluding hydrogens is 712 g/mol. The van der Waals surface area contributed by atoms with Gasteiger partial charge in [0.15, 0.2) is 0 Å². The Labute approximate surface area is 308 Å². The van der Waals surface area contributed by atoms with Crippen LogP contribution in [0, 0.1) is 6.92 Å². The largest absolute Gasteiger partial charge is 0.497 e. The Morgan fingerprint density at radius 2 is 1.31 bits per heavy atom. The summed E-state index contributed by atoms with van der Waals surface area (Å²) in [7, 11) is 3.39. The Hall–Kier alpha value is -5.56. The van der Waals surface area contributed by atoms with E-state index >= 15 is 0 Å². The van der Waals surface area contributed by atoms with E-state index in [1.165, 1.54) is 42.0 Å². The fraction of sp³-hybridized carbons (Fsp3) is 0.0667. The van der Waals surface area contributed by atoms with E-state index in [2.05, 4.69) is 172 Å². The lowest BCUT2D eigenvalue weighted by Crippen LogP contribution is -2.11. The zero-order chi connectivity index (χ0) is 34.6. The summed E-state index contributed by atoms with van der Waals surface area (Å²) in [6.07, 6.45) is 0. The van der Waals surface area contributed by atoms with Gasteiger partial charge in [0.2, 0.25) is 0 Å². The molecule has 6 heteroatoms. The van der Waals surface area contributed by atoms with E-state index in [4.69, 9.17) is 9.47 Å². The van der Waals surface area contributed by atoms with Gasteiger partial charge >= 0.3 is 0 Å². The SMILES string of the molecule is COc1cc(OC)cc(N(c2ccc3c(c2)c2cc4c(cc2n3-c2ccc(C)cc2)sc2ccccc24)c2ccccc2-c2cccc(Br)c2)c1. The Bertz CT molecular complexity index is 2740. The molecule has 4 nitrogen and oxygen atoms in total. The van der Waals surface area contributed by atoms with E-state index in [1.54, 1.807) is 14.2 Å². The number of anilines is 3. The zero-order valence-corrected chi connectivity index (χ0v) is 30.8. The van der Waals surface area contributed by atoms with Crippen molar-refractivity contribution in [3.63, 3.8) is 0 Å². The van der Waals surface area contributed by atoms with E-state index in [-0.39, 0.29) is 0 Å². The minimum atomic E-state index is 0.720. The number of para-hydroxylation sites is 1. The number of halogens is 1. The fourth-order valence-corrected chi connectivity index (χ4v) is 8.77. The average Bonchev–Trinajstić information content (AvgIpc) is 3.69. The van der Waals surface area contributed by atoms with Crippen molar-refractivity contribution in [1.82, 2.24) is 4.57 Å². The average molecular weight is 746 g/mol. The number of methoxy groups -OCH3 is 2. The van der Waals surface area contributed by atoms with Gasteiger partial charge in [-0.2, -0.15) is 0 Å². The third kappa shape index (κ3) is 5.43. The number of nitrogens with zero attached hydrogens (tertiary/aromatic N) is 2. The van der Waals surface area contributed by atoms with E-state index in [0.29, 0.717) is 0 Å². The first-order valence-corrected chi connectivity index (χ1v) is 18.4. The molecule has 0 saturated heterocycles. The van der Waals surface area contributed by atoms with Crippen LogP contribution in [0.1, 0.15) is 5.56 Å². The minimum absolute atomic E-state index is 0.720. The van der Waals surface area contributed by atoms with Crippen LogP contribution in [0.5, 0.6) is 11.5 Å². The number of aromatic nitrogens is 1. The van der Waals surface area contributed by atoms with E-state index in [0.717, 1.165) is 55.4 Å². The van der Waals surface area contributed by atoms with Crippen LogP contribution in [0.4, 0.5) is 17.1 Å². The molecule has 248 valence electrons. The van der Waals surface area contributed by atoms with E-state index in [1.807, 2.05) is 17.4 Å². The number of rotatable bonds is 7. The van der Waals surface area contributed by atoms with Gasteiger partial charge in [-0.3, -0.25) is 0 Å². The minimum Gasteiger partial charge on any atom is -0.497 e. The number of fused-ring (bicyclic) bond motifs is 6. The maximum atomic E-state index is 5.79. The molecule has 9 aromatic rings. The monoisotopic (exact) mass is 744 g/mol. The van der Waals surface area contributed by atoms with Gasteiger partial charge in [0.1, 0.15) is 11.5 Å². The Morgan fingerprint density at radius 1 is 0.569 bits per heavy atom. The Balaban J connectivity index is 1.36. The van der Waals surface area contributed by atoms with Crippen molar-refractivity contribution in [3.8, 4) is 28.3 Å². The lowest BCUT2D eigenvalue weighted by Gasteiger charge is -2.28. The Kier molecular flexibility index (Phi) is 7.79. The molecule has 0 aliphatic carbocycles. The summed E-state index contributed by atoms with van der Waals surface area (Å²) in [4.78, 5) is 2.31. The molecule has 7 aromatic carbocycles. The lowest BCUT2D eigenvalue weighted by molar-refractivity contribution is 0.394. The van der Waals surface area contributed by atoms with Gasteiger partial charge in [-0.15, -0.1) is 11.3 Å². The number of aryl methyl sites for hydroxylation is 1. The van der Waals surface area contributed by atoms with Gasteiger partial charge in [0, 0.05) is 70.6 Å². The quantitative estimate of drug-likeness (QED) is 0.163. The molecule has 0 radical (unpaired) electrons. The predicted octanol–water partition coefficient (Wildman–Crippen LogP) is 13.4. The molecule has 0 fully saturated rings. The van der Waals surface area contributed by atoms with Crippen molar-refractivity contribution in [1.29, 1.82) is 0 Å². The van der Waals surface area contributed by atoms with Crippen molar-refractivity contribution in [2.75, 3.05) is 19.1 Å². The molecule has 0 aliphatic heterocycles. The zero-order valence-electron chi connectivity index (χ0n) is 28.4. The maximum absolute atomic E-state index is 5.79. The third-order valence-electron chi connectivity index (χ3n) is 9.67. The summed E-state index contributed by atoms with van der Waals surface area (Å²) in [6.45, 7) is 2.14. The second-order valence-electron chi connectivity index (χ2n) is 12.8. The molecule has 0 unspecified atom stereocenters. The highest BCUT2D eigenvalue weighted by Gasteiger charge is 2.22.